The van der Waals surface area contributed by atoms with E-state index in [1.54, 1.807) is 6.92 Å². The van der Waals surface area contributed by atoms with E-state index in [1.807, 2.05) is 0 Å². The minimum absolute atomic E-state index is 0.107. The van der Waals surface area contributed by atoms with E-state index in [1.165, 1.54) is 11.0 Å². The number of carbonyl (C=O) groups is 2. The van der Waals surface area contributed by atoms with Gasteiger partial charge in [-0.3, -0.25) is 9.59 Å². The number of aromatic amines is 1. The van der Waals surface area contributed by atoms with E-state index in [0.717, 1.165) is 31.3 Å². The summed E-state index contributed by atoms with van der Waals surface area (Å²) in [5.74, 6) is -0.611. The van der Waals surface area contributed by atoms with Crippen molar-refractivity contribution in [2.75, 3.05) is 26.3 Å². The number of hydrogen-bond donors (Lipinski definition) is 3. The Morgan fingerprint density at radius 3 is 2.67 bits per heavy atom. The number of fused-ring (bicyclic) bond motifs is 1. The lowest BCUT2D eigenvalue weighted by atomic mass is 10.0. The summed E-state index contributed by atoms with van der Waals surface area (Å²) in [6, 6.07) is 2.31. The second-order valence-corrected chi connectivity index (χ2v) is 9.92. The van der Waals surface area contributed by atoms with Crippen LogP contribution in [0.25, 0.3) is 22.3 Å². The lowest BCUT2D eigenvalue weighted by Gasteiger charge is -2.34. The molecule has 1 aliphatic carbocycles. The van der Waals surface area contributed by atoms with Crippen molar-refractivity contribution in [2.45, 2.75) is 44.6 Å². The van der Waals surface area contributed by atoms with Crippen LogP contribution >= 0.6 is 0 Å². The first kappa shape index (κ1) is 26.9. The van der Waals surface area contributed by atoms with Crippen molar-refractivity contribution in [1.29, 1.82) is 0 Å². The molecule has 1 saturated carbocycles. The number of H-pyrrole nitrogens is 1. The summed E-state index contributed by atoms with van der Waals surface area (Å²) in [4.78, 5) is 37.6. The number of nitrogens with one attached hydrogen (secondary N) is 2. The van der Waals surface area contributed by atoms with Crippen LogP contribution in [0.3, 0.4) is 0 Å². The van der Waals surface area contributed by atoms with Crippen molar-refractivity contribution >= 4 is 22.8 Å². The van der Waals surface area contributed by atoms with Gasteiger partial charge in [-0.15, -0.1) is 0 Å². The molecule has 1 aliphatic heterocycles. The quantitative estimate of drug-likeness (QED) is 0.389. The zero-order valence-electron chi connectivity index (χ0n) is 21.0. The average Bonchev–Trinajstić information content (AvgIpc) is 3.67. The number of rotatable bonds is 7. The summed E-state index contributed by atoms with van der Waals surface area (Å²) in [6.07, 6.45) is -2.84. The van der Waals surface area contributed by atoms with Crippen LogP contribution in [0.5, 0.6) is 5.75 Å². The van der Waals surface area contributed by atoms with Gasteiger partial charge in [-0.05, 0) is 50.3 Å². The number of aromatic nitrogens is 3. The maximum atomic E-state index is 14.8. The highest BCUT2D eigenvalue weighted by molar-refractivity contribution is 6.09. The standard InChI is InChI=1S/C26H27F4N5O4/c1-13-21(25(38)34-18-6-7-35(9-17(18)27)20(37)10-36)23-24(33-13)22(31-12-32-23)16-8-15(26(28,29)30)4-5-19(16)39-11-14-2-3-14/h4-5,8,12,14,17-18,33,36H,2-3,6-7,9-11H2,1H3,(H,34,38)/t17-,18+/m1/s1. The number of alkyl halides is 4. The largest absolute Gasteiger partial charge is 0.493 e. The summed E-state index contributed by atoms with van der Waals surface area (Å²) in [5.41, 5.74) is 0.278. The Morgan fingerprint density at radius 1 is 1.23 bits per heavy atom. The van der Waals surface area contributed by atoms with Crippen LogP contribution in [-0.4, -0.2) is 75.3 Å². The number of halogens is 4. The number of aliphatic hydroxyl groups is 1. The number of benzene rings is 1. The highest BCUT2D eigenvalue weighted by Crippen LogP contribution is 2.40. The van der Waals surface area contributed by atoms with Gasteiger partial charge in [0, 0.05) is 17.8 Å². The van der Waals surface area contributed by atoms with Crippen molar-refractivity contribution in [3.8, 4) is 17.0 Å². The predicted octanol–water partition coefficient (Wildman–Crippen LogP) is 3.40. The molecule has 0 unspecified atom stereocenters. The summed E-state index contributed by atoms with van der Waals surface area (Å²) in [5, 5.41) is 11.7. The fraction of sp³-hybridized carbons (Fsp3) is 0.462. The molecule has 0 spiro atoms. The minimum Gasteiger partial charge on any atom is -0.493 e. The molecule has 208 valence electrons. The molecule has 13 heteroatoms. The van der Waals surface area contributed by atoms with Gasteiger partial charge in [0.1, 0.15) is 36.1 Å². The summed E-state index contributed by atoms with van der Waals surface area (Å²) in [7, 11) is 0. The Bertz CT molecular complexity index is 1400. The predicted molar refractivity (Wildman–Crippen MR) is 132 cm³/mol. The second kappa shape index (κ2) is 10.4. The first-order chi connectivity index (χ1) is 18.6. The van der Waals surface area contributed by atoms with E-state index in [-0.39, 0.29) is 53.1 Å². The highest BCUT2D eigenvalue weighted by atomic mass is 19.4. The molecule has 3 aromatic rings. The molecule has 1 aromatic carbocycles. The number of amides is 2. The molecular weight excluding hydrogens is 522 g/mol. The first-order valence-electron chi connectivity index (χ1n) is 12.6. The molecule has 9 nitrogen and oxygen atoms in total. The maximum Gasteiger partial charge on any atom is 0.416 e. The van der Waals surface area contributed by atoms with Gasteiger partial charge in [-0.2, -0.15) is 13.2 Å². The Labute approximate surface area is 220 Å². The number of carbonyl (C=O) groups excluding carboxylic acids is 2. The maximum absolute atomic E-state index is 14.8. The van der Waals surface area contributed by atoms with Crippen molar-refractivity contribution in [3.05, 3.63) is 41.3 Å². The van der Waals surface area contributed by atoms with E-state index >= 15 is 0 Å². The van der Waals surface area contributed by atoms with E-state index in [4.69, 9.17) is 9.84 Å². The zero-order valence-corrected chi connectivity index (χ0v) is 21.0. The van der Waals surface area contributed by atoms with Gasteiger partial charge in [0.2, 0.25) is 5.91 Å². The molecule has 0 bridgehead atoms. The molecule has 2 aliphatic rings. The molecule has 1 saturated heterocycles. The van der Waals surface area contributed by atoms with Gasteiger partial charge >= 0.3 is 6.18 Å². The molecule has 3 N–H and O–H groups in total. The van der Waals surface area contributed by atoms with Crippen LogP contribution in [0, 0.1) is 12.8 Å². The van der Waals surface area contributed by atoms with E-state index in [2.05, 4.69) is 20.3 Å². The van der Waals surface area contributed by atoms with Crippen LogP contribution < -0.4 is 10.1 Å². The Kier molecular flexibility index (Phi) is 7.19. The van der Waals surface area contributed by atoms with Crippen LogP contribution in [0.15, 0.2) is 24.5 Å². The molecule has 2 aromatic heterocycles. The topological polar surface area (TPSA) is 120 Å². The number of nitrogens with zero attached hydrogens (tertiary/aromatic N) is 3. The third-order valence-corrected chi connectivity index (χ3v) is 7.08. The lowest BCUT2D eigenvalue weighted by molar-refractivity contribution is -0.138. The van der Waals surface area contributed by atoms with Crippen molar-refractivity contribution < 1.29 is 37.0 Å². The molecule has 5 rings (SSSR count). The Morgan fingerprint density at radius 2 is 2.00 bits per heavy atom. The van der Waals surface area contributed by atoms with E-state index < -0.39 is 42.4 Å². The van der Waals surface area contributed by atoms with Gasteiger partial charge in [0.25, 0.3) is 5.91 Å². The summed E-state index contributed by atoms with van der Waals surface area (Å²) >= 11 is 0. The fourth-order valence-corrected chi connectivity index (χ4v) is 4.75. The number of ether oxygens (including phenoxy) is 1. The number of aryl methyl sites for hydroxylation is 1. The van der Waals surface area contributed by atoms with Gasteiger partial charge in [-0.25, -0.2) is 14.4 Å². The van der Waals surface area contributed by atoms with Crippen molar-refractivity contribution in [2.24, 2.45) is 5.92 Å². The van der Waals surface area contributed by atoms with Crippen LogP contribution in [0.1, 0.15) is 40.9 Å². The number of piperidine rings is 1. The Hall–Kier alpha value is -3.74. The van der Waals surface area contributed by atoms with Crippen LogP contribution in [0.2, 0.25) is 0 Å². The summed E-state index contributed by atoms with van der Waals surface area (Å²) < 4.78 is 61.3. The molecular formula is C26H27F4N5O4. The minimum atomic E-state index is -4.59. The molecule has 0 radical (unpaired) electrons. The Balaban J connectivity index is 1.47. The average molecular weight is 550 g/mol. The van der Waals surface area contributed by atoms with E-state index in [0.29, 0.717) is 18.2 Å². The SMILES string of the molecule is Cc1[nH]c2c(-c3cc(C(F)(F)F)ccc3OCC3CC3)ncnc2c1C(=O)N[C@H]1CCN(C(=O)CO)C[C@H]1F. The van der Waals surface area contributed by atoms with Crippen LogP contribution in [-0.2, 0) is 11.0 Å². The second-order valence-electron chi connectivity index (χ2n) is 9.92. The molecule has 39 heavy (non-hydrogen) atoms. The molecule has 2 amide bonds. The van der Waals surface area contributed by atoms with Crippen molar-refractivity contribution in [3.63, 3.8) is 0 Å². The molecule has 2 fully saturated rings. The zero-order chi connectivity index (χ0) is 27.9. The molecule has 3 heterocycles. The number of aliphatic hydroxyl groups excluding tert-OH is 1. The third kappa shape index (κ3) is 5.54. The number of likely N-dealkylation sites (tertiary alicyclic amines) is 1. The highest BCUT2D eigenvalue weighted by Gasteiger charge is 2.35. The fourth-order valence-electron chi connectivity index (χ4n) is 4.75. The first-order valence-corrected chi connectivity index (χ1v) is 12.6. The van der Waals surface area contributed by atoms with Crippen LogP contribution in [0.4, 0.5) is 17.6 Å². The third-order valence-electron chi connectivity index (χ3n) is 7.08. The van der Waals surface area contributed by atoms with Gasteiger partial charge in [0.05, 0.1) is 35.8 Å². The number of hydrogen-bond acceptors (Lipinski definition) is 6. The van der Waals surface area contributed by atoms with E-state index in [9.17, 15) is 27.2 Å². The van der Waals surface area contributed by atoms with Gasteiger partial charge < -0.3 is 25.0 Å². The smallest absolute Gasteiger partial charge is 0.416 e. The van der Waals surface area contributed by atoms with Gasteiger partial charge in [-0.1, -0.05) is 0 Å². The lowest BCUT2D eigenvalue weighted by Crippen LogP contribution is -2.54. The van der Waals surface area contributed by atoms with Crippen molar-refractivity contribution in [1.82, 2.24) is 25.2 Å². The normalized spacial score (nSPS) is 19.8. The van der Waals surface area contributed by atoms with Gasteiger partial charge in [0.15, 0.2) is 0 Å². The summed E-state index contributed by atoms with van der Waals surface area (Å²) in [6.45, 7) is 1.16. The molecule has 2 atom stereocenters. The monoisotopic (exact) mass is 549 g/mol.